The van der Waals surface area contributed by atoms with Crippen LogP contribution in [-0.4, -0.2) is 16.4 Å². The summed E-state index contributed by atoms with van der Waals surface area (Å²) in [4.78, 5) is 16.0. The summed E-state index contributed by atoms with van der Waals surface area (Å²) in [6, 6.07) is 6.38. The molecule has 2 rings (SSSR count). The van der Waals surface area contributed by atoms with E-state index < -0.39 is 11.6 Å². The maximum absolute atomic E-state index is 13.5. The van der Waals surface area contributed by atoms with Crippen molar-refractivity contribution < 1.29 is 13.6 Å². The third-order valence-electron chi connectivity index (χ3n) is 2.69. The first-order valence-corrected chi connectivity index (χ1v) is 6.75. The SMILES string of the molecule is CC(C)(C)NC(=O)c1ccc(Nc2ccc(F)cc2F)cn1. The maximum atomic E-state index is 13.5. The minimum atomic E-state index is -0.699. The minimum absolute atomic E-state index is 0.134. The number of rotatable bonds is 3. The van der Waals surface area contributed by atoms with E-state index in [4.69, 9.17) is 0 Å². The van der Waals surface area contributed by atoms with Crippen molar-refractivity contribution in [2.24, 2.45) is 0 Å². The normalized spacial score (nSPS) is 11.1. The number of carbonyl (C=O) groups is 1. The minimum Gasteiger partial charge on any atom is -0.352 e. The molecule has 1 heterocycles. The van der Waals surface area contributed by atoms with Gasteiger partial charge in [0, 0.05) is 11.6 Å². The molecule has 4 nitrogen and oxygen atoms in total. The molecule has 0 atom stereocenters. The molecule has 0 saturated carbocycles. The van der Waals surface area contributed by atoms with Crippen molar-refractivity contribution in [3.8, 4) is 0 Å². The first-order chi connectivity index (χ1) is 10.2. The van der Waals surface area contributed by atoms with Gasteiger partial charge in [0.15, 0.2) is 0 Å². The lowest BCUT2D eigenvalue weighted by molar-refractivity contribution is 0.0914. The molecular weight excluding hydrogens is 288 g/mol. The summed E-state index contributed by atoms with van der Waals surface area (Å²) >= 11 is 0. The summed E-state index contributed by atoms with van der Waals surface area (Å²) in [6.45, 7) is 5.62. The molecule has 0 unspecified atom stereocenters. The molecule has 1 aromatic carbocycles. The molecule has 0 spiro atoms. The van der Waals surface area contributed by atoms with Gasteiger partial charge in [-0.15, -0.1) is 0 Å². The number of benzene rings is 1. The van der Waals surface area contributed by atoms with E-state index >= 15 is 0 Å². The van der Waals surface area contributed by atoms with E-state index in [1.54, 1.807) is 6.07 Å². The van der Waals surface area contributed by atoms with Crippen molar-refractivity contribution in [1.82, 2.24) is 10.3 Å². The molecule has 2 N–H and O–H groups in total. The van der Waals surface area contributed by atoms with Gasteiger partial charge in [-0.25, -0.2) is 13.8 Å². The van der Waals surface area contributed by atoms with Crippen molar-refractivity contribution in [3.05, 3.63) is 53.9 Å². The average molecular weight is 305 g/mol. The number of carbonyl (C=O) groups excluding carboxylic acids is 1. The molecule has 0 aliphatic heterocycles. The van der Waals surface area contributed by atoms with E-state index in [0.717, 1.165) is 12.1 Å². The highest BCUT2D eigenvalue weighted by Gasteiger charge is 2.16. The van der Waals surface area contributed by atoms with Gasteiger partial charge in [-0.05, 0) is 45.0 Å². The fourth-order valence-electron chi connectivity index (χ4n) is 1.75. The lowest BCUT2D eigenvalue weighted by atomic mass is 10.1. The molecule has 0 fully saturated rings. The zero-order chi connectivity index (χ0) is 16.3. The zero-order valence-corrected chi connectivity index (χ0v) is 12.6. The summed E-state index contributed by atoms with van der Waals surface area (Å²) in [5, 5.41) is 5.57. The van der Waals surface area contributed by atoms with Gasteiger partial charge in [0.1, 0.15) is 17.3 Å². The molecule has 0 saturated heterocycles. The number of nitrogens with zero attached hydrogens (tertiary/aromatic N) is 1. The topological polar surface area (TPSA) is 54.0 Å². The summed E-state index contributed by atoms with van der Waals surface area (Å²) < 4.78 is 26.4. The molecule has 116 valence electrons. The monoisotopic (exact) mass is 305 g/mol. The molecule has 0 aliphatic rings. The van der Waals surface area contributed by atoms with Gasteiger partial charge in [0.25, 0.3) is 5.91 Å². The van der Waals surface area contributed by atoms with Crippen LogP contribution in [0.25, 0.3) is 0 Å². The summed E-state index contributed by atoms with van der Waals surface area (Å²) in [5.74, 6) is -1.63. The van der Waals surface area contributed by atoms with E-state index in [1.165, 1.54) is 18.3 Å². The summed E-state index contributed by atoms with van der Waals surface area (Å²) in [7, 11) is 0. The molecule has 1 aromatic heterocycles. The molecule has 0 aliphatic carbocycles. The van der Waals surface area contributed by atoms with Crippen molar-refractivity contribution in [1.29, 1.82) is 0 Å². The first kappa shape index (κ1) is 15.9. The summed E-state index contributed by atoms with van der Waals surface area (Å²) in [5.41, 5.74) is 0.542. The average Bonchev–Trinajstić information content (AvgIpc) is 2.41. The predicted octanol–water partition coefficient (Wildman–Crippen LogP) is 3.63. The molecule has 2 aromatic rings. The second-order valence-electron chi connectivity index (χ2n) is 5.89. The van der Waals surface area contributed by atoms with Crippen LogP contribution in [0, 0.1) is 11.6 Å². The van der Waals surface area contributed by atoms with Crippen LogP contribution in [-0.2, 0) is 0 Å². The number of nitrogens with one attached hydrogen (secondary N) is 2. The highest BCUT2D eigenvalue weighted by Crippen LogP contribution is 2.20. The van der Waals surface area contributed by atoms with Gasteiger partial charge in [-0.1, -0.05) is 0 Å². The number of amides is 1. The highest BCUT2D eigenvalue weighted by molar-refractivity contribution is 5.92. The van der Waals surface area contributed by atoms with Crippen LogP contribution in [0.4, 0.5) is 20.2 Å². The lowest BCUT2D eigenvalue weighted by Gasteiger charge is -2.20. The molecule has 0 radical (unpaired) electrons. The Morgan fingerprint density at radius 1 is 1.14 bits per heavy atom. The van der Waals surface area contributed by atoms with Gasteiger partial charge >= 0.3 is 0 Å². The maximum Gasteiger partial charge on any atom is 0.270 e. The van der Waals surface area contributed by atoms with Crippen LogP contribution >= 0.6 is 0 Å². The Morgan fingerprint density at radius 3 is 2.41 bits per heavy atom. The number of hydrogen-bond donors (Lipinski definition) is 2. The number of anilines is 2. The number of hydrogen-bond acceptors (Lipinski definition) is 3. The predicted molar refractivity (Wildman–Crippen MR) is 81.1 cm³/mol. The van der Waals surface area contributed by atoms with E-state index in [9.17, 15) is 13.6 Å². The van der Waals surface area contributed by atoms with Crippen LogP contribution in [0.3, 0.4) is 0 Å². The van der Waals surface area contributed by atoms with Gasteiger partial charge in [0.2, 0.25) is 0 Å². The van der Waals surface area contributed by atoms with E-state index in [0.29, 0.717) is 5.69 Å². The lowest BCUT2D eigenvalue weighted by Crippen LogP contribution is -2.40. The van der Waals surface area contributed by atoms with Gasteiger partial charge in [-0.3, -0.25) is 4.79 Å². The van der Waals surface area contributed by atoms with Crippen LogP contribution < -0.4 is 10.6 Å². The molecule has 1 amide bonds. The number of pyridine rings is 1. The fourth-order valence-corrected chi connectivity index (χ4v) is 1.75. The van der Waals surface area contributed by atoms with Crippen LogP contribution in [0.5, 0.6) is 0 Å². The smallest absolute Gasteiger partial charge is 0.270 e. The number of aromatic nitrogens is 1. The Bertz CT molecular complexity index is 679. The van der Waals surface area contributed by atoms with Gasteiger partial charge in [-0.2, -0.15) is 0 Å². The second kappa shape index (κ2) is 6.09. The Labute approximate surface area is 127 Å². The first-order valence-electron chi connectivity index (χ1n) is 6.75. The van der Waals surface area contributed by atoms with Crippen LogP contribution in [0.1, 0.15) is 31.3 Å². The van der Waals surface area contributed by atoms with E-state index in [-0.39, 0.29) is 22.8 Å². The van der Waals surface area contributed by atoms with E-state index in [2.05, 4.69) is 15.6 Å². The van der Waals surface area contributed by atoms with Crippen molar-refractivity contribution in [2.45, 2.75) is 26.3 Å². The van der Waals surface area contributed by atoms with Gasteiger partial charge in [0.05, 0.1) is 17.6 Å². The molecule has 22 heavy (non-hydrogen) atoms. The van der Waals surface area contributed by atoms with Crippen molar-refractivity contribution in [3.63, 3.8) is 0 Å². The number of halogens is 2. The molecular formula is C16H17F2N3O. The Morgan fingerprint density at radius 2 is 1.86 bits per heavy atom. The Hall–Kier alpha value is -2.50. The fraction of sp³-hybridized carbons (Fsp3) is 0.250. The highest BCUT2D eigenvalue weighted by atomic mass is 19.1. The Balaban J connectivity index is 2.10. The van der Waals surface area contributed by atoms with Crippen molar-refractivity contribution in [2.75, 3.05) is 5.32 Å². The van der Waals surface area contributed by atoms with Gasteiger partial charge < -0.3 is 10.6 Å². The Kier molecular flexibility index (Phi) is 4.40. The standard InChI is InChI=1S/C16H17F2N3O/c1-16(2,3)21-15(22)14-7-5-11(9-19-14)20-13-6-4-10(17)8-12(13)18/h4-9,20H,1-3H3,(H,21,22). The quantitative estimate of drug-likeness (QED) is 0.910. The third-order valence-corrected chi connectivity index (χ3v) is 2.69. The summed E-state index contributed by atoms with van der Waals surface area (Å²) in [6.07, 6.45) is 1.42. The molecule has 6 heteroatoms. The van der Waals surface area contributed by atoms with Crippen molar-refractivity contribution >= 4 is 17.3 Å². The van der Waals surface area contributed by atoms with Crippen LogP contribution in [0.2, 0.25) is 0 Å². The largest absolute Gasteiger partial charge is 0.352 e. The van der Waals surface area contributed by atoms with Crippen LogP contribution in [0.15, 0.2) is 36.5 Å². The zero-order valence-electron chi connectivity index (χ0n) is 12.6. The third kappa shape index (κ3) is 4.25. The van der Waals surface area contributed by atoms with E-state index in [1.807, 2.05) is 20.8 Å². The second-order valence-corrected chi connectivity index (χ2v) is 5.89. The molecule has 0 bridgehead atoms.